The van der Waals surface area contributed by atoms with E-state index in [2.05, 4.69) is 5.32 Å². The topological polar surface area (TPSA) is 59.3 Å². The van der Waals surface area contributed by atoms with Crippen LogP contribution in [0.1, 0.15) is 52.2 Å². The Balaban J connectivity index is 1.75. The number of carbonyl (C=O) groups excluding carboxylic acids is 2. The second kappa shape index (κ2) is 4.96. The lowest BCUT2D eigenvalue weighted by Crippen LogP contribution is -2.12. The van der Waals surface area contributed by atoms with Crippen LogP contribution in [0.25, 0.3) is 0 Å². The highest BCUT2D eigenvalue weighted by Crippen LogP contribution is 2.42. The Bertz CT molecular complexity index is 651. The van der Waals surface area contributed by atoms with Crippen molar-refractivity contribution >= 4 is 17.4 Å². The van der Waals surface area contributed by atoms with Crippen LogP contribution in [-0.4, -0.2) is 11.7 Å². The summed E-state index contributed by atoms with van der Waals surface area (Å²) in [5.41, 5.74) is 1.90. The molecule has 0 radical (unpaired) electrons. The molecule has 0 atom stereocenters. The summed E-state index contributed by atoms with van der Waals surface area (Å²) in [4.78, 5) is 23.4. The molecule has 1 N–H and O–H groups in total. The summed E-state index contributed by atoms with van der Waals surface area (Å²) in [5.74, 6) is 1.01. The normalized spacial score (nSPS) is 14.1. The summed E-state index contributed by atoms with van der Waals surface area (Å²) in [6, 6.07) is 8.56. The van der Waals surface area contributed by atoms with E-state index in [1.54, 1.807) is 36.6 Å². The Labute approximate surface area is 116 Å². The van der Waals surface area contributed by atoms with Gasteiger partial charge in [0.25, 0.3) is 5.91 Å². The number of hydrogen-bond acceptors (Lipinski definition) is 3. The van der Waals surface area contributed by atoms with Gasteiger partial charge in [0.1, 0.15) is 5.76 Å². The average molecular weight is 269 g/mol. The van der Waals surface area contributed by atoms with Gasteiger partial charge in [0, 0.05) is 17.2 Å². The molecular formula is C16H15NO3. The Morgan fingerprint density at radius 2 is 1.85 bits per heavy atom. The van der Waals surface area contributed by atoms with E-state index in [9.17, 15) is 9.59 Å². The van der Waals surface area contributed by atoms with Crippen molar-refractivity contribution in [2.75, 3.05) is 5.32 Å². The molecular weight excluding hydrogens is 254 g/mol. The highest BCUT2D eigenvalue weighted by atomic mass is 16.3. The fraction of sp³-hybridized carbons (Fsp3) is 0.250. The van der Waals surface area contributed by atoms with Crippen molar-refractivity contribution in [3.05, 3.63) is 53.5 Å². The van der Waals surface area contributed by atoms with E-state index in [-0.39, 0.29) is 11.7 Å². The van der Waals surface area contributed by atoms with Crippen molar-refractivity contribution in [1.82, 2.24) is 0 Å². The molecule has 1 saturated carbocycles. The smallest absolute Gasteiger partial charge is 0.259 e. The summed E-state index contributed by atoms with van der Waals surface area (Å²) in [5, 5.41) is 2.82. The zero-order valence-electron chi connectivity index (χ0n) is 11.2. The molecule has 0 unspecified atom stereocenters. The van der Waals surface area contributed by atoms with E-state index < -0.39 is 0 Å². The maximum absolute atomic E-state index is 12.2. The molecule has 0 spiro atoms. The minimum absolute atomic E-state index is 0.00808. The zero-order valence-corrected chi connectivity index (χ0v) is 11.2. The molecule has 1 amide bonds. The SMILES string of the molecule is CC(=O)c1ccc(NC(=O)c2ccoc2C2CC2)cc1. The number of rotatable bonds is 4. The van der Waals surface area contributed by atoms with Crippen molar-refractivity contribution in [2.24, 2.45) is 0 Å². The van der Waals surface area contributed by atoms with Gasteiger partial charge < -0.3 is 9.73 Å². The minimum atomic E-state index is -0.170. The third kappa shape index (κ3) is 2.50. The van der Waals surface area contributed by atoms with E-state index in [4.69, 9.17) is 4.42 Å². The Kier molecular flexibility index (Phi) is 3.14. The van der Waals surface area contributed by atoms with Gasteiger partial charge in [-0.1, -0.05) is 0 Å². The number of nitrogens with one attached hydrogen (secondary N) is 1. The van der Waals surface area contributed by atoms with Crippen molar-refractivity contribution in [2.45, 2.75) is 25.7 Å². The van der Waals surface area contributed by atoms with Gasteiger partial charge in [0.2, 0.25) is 0 Å². The fourth-order valence-electron chi connectivity index (χ4n) is 2.16. The second-order valence-electron chi connectivity index (χ2n) is 5.06. The van der Waals surface area contributed by atoms with Gasteiger partial charge in [-0.15, -0.1) is 0 Å². The number of hydrogen-bond donors (Lipinski definition) is 1. The van der Waals surface area contributed by atoms with Crippen LogP contribution in [0.4, 0.5) is 5.69 Å². The highest BCUT2D eigenvalue weighted by molar-refractivity contribution is 6.05. The van der Waals surface area contributed by atoms with Crippen LogP contribution in [0.3, 0.4) is 0 Å². The second-order valence-corrected chi connectivity index (χ2v) is 5.06. The Morgan fingerprint density at radius 3 is 2.45 bits per heavy atom. The summed E-state index contributed by atoms with van der Waals surface area (Å²) in [6.07, 6.45) is 3.73. The molecule has 1 aliphatic rings. The monoisotopic (exact) mass is 269 g/mol. The molecule has 20 heavy (non-hydrogen) atoms. The highest BCUT2D eigenvalue weighted by Gasteiger charge is 2.31. The number of furan rings is 1. The van der Waals surface area contributed by atoms with Gasteiger partial charge in [-0.3, -0.25) is 9.59 Å². The molecule has 1 fully saturated rings. The molecule has 4 nitrogen and oxygen atoms in total. The number of amides is 1. The minimum Gasteiger partial charge on any atom is -0.468 e. The molecule has 0 aliphatic heterocycles. The number of benzene rings is 1. The molecule has 1 aliphatic carbocycles. The Morgan fingerprint density at radius 1 is 1.15 bits per heavy atom. The van der Waals surface area contributed by atoms with E-state index in [1.165, 1.54) is 6.92 Å². The van der Waals surface area contributed by atoms with Crippen LogP contribution in [-0.2, 0) is 0 Å². The lowest BCUT2D eigenvalue weighted by Gasteiger charge is -2.05. The number of ketones is 1. The average Bonchev–Trinajstić information content (AvgIpc) is 3.16. The third-order valence-electron chi connectivity index (χ3n) is 3.44. The standard InChI is InChI=1S/C16H15NO3/c1-10(18)11-4-6-13(7-5-11)17-16(19)14-8-9-20-15(14)12-2-3-12/h4-9,12H,2-3H2,1H3,(H,17,19). The Hall–Kier alpha value is -2.36. The van der Waals surface area contributed by atoms with Gasteiger partial charge in [-0.05, 0) is 50.1 Å². The molecule has 102 valence electrons. The summed E-state index contributed by atoms with van der Waals surface area (Å²) >= 11 is 0. The summed E-state index contributed by atoms with van der Waals surface area (Å²) in [6.45, 7) is 1.51. The van der Waals surface area contributed by atoms with Gasteiger partial charge >= 0.3 is 0 Å². The molecule has 0 saturated heterocycles. The number of Topliss-reactive ketones (excluding diaryl/α,β-unsaturated/α-hetero) is 1. The lowest BCUT2D eigenvalue weighted by atomic mass is 10.1. The first-order valence-corrected chi connectivity index (χ1v) is 6.65. The van der Waals surface area contributed by atoms with E-state index in [0.29, 0.717) is 22.7 Å². The van der Waals surface area contributed by atoms with Crippen molar-refractivity contribution in [3.63, 3.8) is 0 Å². The molecule has 2 aromatic rings. The number of anilines is 1. The fourth-order valence-corrected chi connectivity index (χ4v) is 2.16. The van der Waals surface area contributed by atoms with Gasteiger partial charge in [-0.2, -0.15) is 0 Å². The first-order chi connectivity index (χ1) is 9.65. The molecule has 4 heteroatoms. The van der Waals surface area contributed by atoms with E-state index in [0.717, 1.165) is 18.6 Å². The molecule has 3 rings (SSSR count). The maximum Gasteiger partial charge on any atom is 0.259 e. The summed E-state index contributed by atoms with van der Waals surface area (Å²) in [7, 11) is 0. The lowest BCUT2D eigenvalue weighted by molar-refractivity contribution is 0.101. The third-order valence-corrected chi connectivity index (χ3v) is 3.44. The van der Waals surface area contributed by atoms with Crippen LogP contribution in [0.5, 0.6) is 0 Å². The van der Waals surface area contributed by atoms with Gasteiger partial charge in [0.05, 0.1) is 11.8 Å². The van der Waals surface area contributed by atoms with Crippen LogP contribution in [0.2, 0.25) is 0 Å². The first-order valence-electron chi connectivity index (χ1n) is 6.65. The van der Waals surface area contributed by atoms with E-state index in [1.807, 2.05) is 0 Å². The predicted molar refractivity (Wildman–Crippen MR) is 75.1 cm³/mol. The van der Waals surface area contributed by atoms with Crippen LogP contribution < -0.4 is 5.32 Å². The van der Waals surface area contributed by atoms with E-state index >= 15 is 0 Å². The maximum atomic E-state index is 12.2. The molecule has 1 heterocycles. The van der Waals surface area contributed by atoms with Crippen LogP contribution >= 0.6 is 0 Å². The van der Waals surface area contributed by atoms with Gasteiger partial charge in [0.15, 0.2) is 5.78 Å². The van der Waals surface area contributed by atoms with Crippen molar-refractivity contribution in [3.8, 4) is 0 Å². The molecule has 1 aromatic carbocycles. The van der Waals surface area contributed by atoms with Crippen molar-refractivity contribution < 1.29 is 14.0 Å². The van der Waals surface area contributed by atoms with Gasteiger partial charge in [-0.25, -0.2) is 0 Å². The van der Waals surface area contributed by atoms with Crippen LogP contribution in [0.15, 0.2) is 41.0 Å². The quantitative estimate of drug-likeness (QED) is 0.862. The summed E-state index contributed by atoms with van der Waals surface area (Å²) < 4.78 is 5.39. The predicted octanol–water partition coefficient (Wildman–Crippen LogP) is 3.61. The zero-order chi connectivity index (χ0) is 14.1. The van der Waals surface area contributed by atoms with Crippen LogP contribution in [0, 0.1) is 0 Å². The number of carbonyl (C=O) groups is 2. The largest absolute Gasteiger partial charge is 0.468 e. The molecule has 0 bridgehead atoms. The molecule has 1 aromatic heterocycles. The van der Waals surface area contributed by atoms with Crippen molar-refractivity contribution in [1.29, 1.82) is 0 Å². The first kappa shape index (κ1) is 12.7.